The van der Waals surface area contributed by atoms with Crippen molar-refractivity contribution in [3.8, 4) is 11.3 Å². The summed E-state index contributed by atoms with van der Waals surface area (Å²) in [5, 5.41) is 0.279. The molecule has 0 radical (unpaired) electrons. The van der Waals surface area contributed by atoms with Gasteiger partial charge in [0.1, 0.15) is 0 Å². The van der Waals surface area contributed by atoms with Crippen LogP contribution in [0.4, 0.5) is 0 Å². The van der Waals surface area contributed by atoms with Crippen LogP contribution in [0.1, 0.15) is 10.4 Å². The molecular weight excluding hydrogens is 334 g/mol. The number of aromatic amines is 1. The first-order valence-corrected chi connectivity index (χ1v) is 7.82. The number of hydrogen-bond acceptors (Lipinski definition) is 5. The van der Waals surface area contributed by atoms with Gasteiger partial charge in [-0.3, -0.25) is 9.59 Å². The predicted octanol–water partition coefficient (Wildman–Crippen LogP) is 1.99. The van der Waals surface area contributed by atoms with E-state index in [9.17, 15) is 14.4 Å². The lowest BCUT2D eigenvalue weighted by Gasteiger charge is -2.07. The monoisotopic (exact) mass is 347 g/mol. The number of carbonyl (C=O) groups is 1. The summed E-state index contributed by atoms with van der Waals surface area (Å²) in [6, 6.07) is 15.0. The van der Waals surface area contributed by atoms with Crippen LogP contribution in [0.25, 0.3) is 27.9 Å². The second kappa shape index (κ2) is 5.96. The predicted molar refractivity (Wildman–Crippen MR) is 96.4 cm³/mol. The van der Waals surface area contributed by atoms with Gasteiger partial charge in [0.25, 0.3) is 11.1 Å². The number of carbonyl (C=O) groups excluding carboxylic acids is 1. The molecule has 0 saturated heterocycles. The van der Waals surface area contributed by atoms with Crippen molar-refractivity contribution in [2.75, 3.05) is 7.11 Å². The van der Waals surface area contributed by atoms with Gasteiger partial charge in [-0.1, -0.05) is 30.3 Å². The van der Waals surface area contributed by atoms with Crippen molar-refractivity contribution in [3.05, 3.63) is 80.9 Å². The average Bonchev–Trinajstić information content (AvgIpc) is 2.67. The zero-order valence-electron chi connectivity index (χ0n) is 13.7. The zero-order chi connectivity index (χ0) is 18.3. The van der Waals surface area contributed by atoms with Crippen LogP contribution in [-0.2, 0) is 4.74 Å². The molecule has 128 valence electrons. The fourth-order valence-electron chi connectivity index (χ4n) is 2.84. The summed E-state index contributed by atoms with van der Waals surface area (Å²) in [4.78, 5) is 44.3. The SMILES string of the molecule is COC(=O)c1ccc2c(=O)n3c(=O)cc(-c4ccccc4)nc3[nH]c2c1. The molecule has 0 amide bonds. The largest absolute Gasteiger partial charge is 0.465 e. The topological polar surface area (TPSA) is 93.5 Å². The van der Waals surface area contributed by atoms with Gasteiger partial charge in [0.2, 0.25) is 5.78 Å². The van der Waals surface area contributed by atoms with Crippen LogP contribution in [-0.4, -0.2) is 27.4 Å². The molecule has 0 aliphatic rings. The lowest BCUT2D eigenvalue weighted by Crippen LogP contribution is -2.28. The third-order valence-electron chi connectivity index (χ3n) is 4.11. The molecule has 0 saturated carbocycles. The van der Waals surface area contributed by atoms with E-state index < -0.39 is 17.1 Å². The molecule has 0 fully saturated rings. The van der Waals surface area contributed by atoms with E-state index in [4.69, 9.17) is 4.74 Å². The highest BCUT2D eigenvalue weighted by Crippen LogP contribution is 2.16. The molecule has 4 rings (SSSR count). The minimum absolute atomic E-state index is 0.107. The normalized spacial score (nSPS) is 11.0. The third kappa shape index (κ3) is 2.46. The Balaban J connectivity index is 2.04. The van der Waals surface area contributed by atoms with E-state index in [0.717, 1.165) is 9.96 Å². The summed E-state index contributed by atoms with van der Waals surface area (Å²) in [6.07, 6.45) is 0. The first-order valence-electron chi connectivity index (χ1n) is 7.82. The molecule has 0 spiro atoms. The first kappa shape index (κ1) is 15.8. The Labute approximate surface area is 146 Å². The minimum atomic E-state index is -0.518. The standard InChI is InChI=1S/C19H13N3O4/c1-26-18(25)12-7-8-13-15(9-12)21-19-20-14(11-5-3-2-4-6-11)10-16(23)22(19)17(13)24/h2-10H,1H3,(H,20,21). The number of ether oxygens (including phenoxy) is 1. The van der Waals surface area contributed by atoms with Crippen LogP contribution in [0, 0.1) is 0 Å². The van der Waals surface area contributed by atoms with Gasteiger partial charge in [0, 0.05) is 11.6 Å². The third-order valence-corrected chi connectivity index (χ3v) is 4.11. The summed E-state index contributed by atoms with van der Waals surface area (Å²) in [7, 11) is 1.28. The van der Waals surface area contributed by atoms with E-state index >= 15 is 0 Å². The Bertz CT molecular complexity index is 1270. The van der Waals surface area contributed by atoms with Crippen molar-refractivity contribution in [1.82, 2.24) is 14.4 Å². The van der Waals surface area contributed by atoms with E-state index in [0.29, 0.717) is 16.8 Å². The van der Waals surface area contributed by atoms with Gasteiger partial charge in [0.15, 0.2) is 0 Å². The summed E-state index contributed by atoms with van der Waals surface area (Å²) >= 11 is 0. The number of nitrogens with one attached hydrogen (secondary N) is 1. The first-order chi connectivity index (χ1) is 12.6. The molecule has 4 aromatic rings. The minimum Gasteiger partial charge on any atom is -0.465 e. The molecule has 2 aromatic heterocycles. The summed E-state index contributed by atoms with van der Waals surface area (Å²) < 4.78 is 5.68. The molecule has 2 heterocycles. The summed E-state index contributed by atoms with van der Waals surface area (Å²) in [5.74, 6) is -0.410. The van der Waals surface area contributed by atoms with Gasteiger partial charge < -0.3 is 9.72 Å². The Morgan fingerprint density at radius 3 is 2.58 bits per heavy atom. The van der Waals surface area contributed by atoms with Gasteiger partial charge in [-0.05, 0) is 18.2 Å². The highest BCUT2D eigenvalue weighted by Gasteiger charge is 2.13. The molecule has 0 aliphatic heterocycles. The maximum Gasteiger partial charge on any atom is 0.337 e. The van der Waals surface area contributed by atoms with E-state index in [1.54, 1.807) is 0 Å². The van der Waals surface area contributed by atoms with Crippen LogP contribution in [0.15, 0.2) is 64.2 Å². The van der Waals surface area contributed by atoms with Crippen molar-refractivity contribution in [2.24, 2.45) is 0 Å². The number of methoxy groups -OCH3 is 1. The number of esters is 1. The van der Waals surface area contributed by atoms with Crippen molar-refractivity contribution < 1.29 is 9.53 Å². The average molecular weight is 347 g/mol. The van der Waals surface area contributed by atoms with Crippen molar-refractivity contribution in [3.63, 3.8) is 0 Å². The Morgan fingerprint density at radius 1 is 1.08 bits per heavy atom. The van der Waals surface area contributed by atoms with Gasteiger partial charge >= 0.3 is 5.97 Å². The van der Waals surface area contributed by atoms with Gasteiger partial charge in [-0.15, -0.1) is 0 Å². The van der Waals surface area contributed by atoms with Crippen LogP contribution >= 0.6 is 0 Å². The summed E-state index contributed by atoms with van der Waals surface area (Å²) in [5.41, 5.74) is 0.930. The Kier molecular flexibility index (Phi) is 3.62. The molecular formula is C19H13N3O4. The van der Waals surface area contributed by atoms with Gasteiger partial charge in [-0.2, -0.15) is 0 Å². The maximum absolute atomic E-state index is 12.7. The van der Waals surface area contributed by atoms with Gasteiger partial charge in [0.05, 0.1) is 29.3 Å². The van der Waals surface area contributed by atoms with E-state index in [2.05, 4.69) is 9.97 Å². The lowest BCUT2D eigenvalue weighted by atomic mass is 10.1. The molecule has 0 bridgehead atoms. The molecule has 0 aliphatic carbocycles. The summed E-state index contributed by atoms with van der Waals surface area (Å²) in [6.45, 7) is 0. The van der Waals surface area contributed by atoms with E-state index in [1.807, 2.05) is 30.3 Å². The number of benzene rings is 2. The van der Waals surface area contributed by atoms with Crippen LogP contribution in [0.3, 0.4) is 0 Å². The van der Waals surface area contributed by atoms with Crippen molar-refractivity contribution in [1.29, 1.82) is 0 Å². The highest BCUT2D eigenvalue weighted by molar-refractivity contribution is 5.94. The lowest BCUT2D eigenvalue weighted by molar-refractivity contribution is 0.0601. The number of hydrogen-bond donors (Lipinski definition) is 1. The van der Waals surface area contributed by atoms with Crippen molar-refractivity contribution >= 4 is 22.6 Å². The molecule has 7 nitrogen and oxygen atoms in total. The smallest absolute Gasteiger partial charge is 0.337 e. The van der Waals surface area contributed by atoms with Crippen LogP contribution in [0.5, 0.6) is 0 Å². The Hall–Kier alpha value is -3.74. The number of fused-ring (bicyclic) bond motifs is 2. The van der Waals surface area contributed by atoms with E-state index in [1.165, 1.54) is 31.4 Å². The highest BCUT2D eigenvalue weighted by atomic mass is 16.5. The van der Waals surface area contributed by atoms with E-state index in [-0.39, 0.29) is 11.2 Å². The Morgan fingerprint density at radius 2 is 1.85 bits per heavy atom. The molecule has 26 heavy (non-hydrogen) atoms. The van der Waals surface area contributed by atoms with Crippen molar-refractivity contribution in [2.45, 2.75) is 0 Å². The fourth-order valence-corrected chi connectivity index (χ4v) is 2.84. The second-order valence-electron chi connectivity index (χ2n) is 5.69. The number of rotatable bonds is 2. The maximum atomic E-state index is 12.7. The quantitative estimate of drug-likeness (QED) is 0.442. The molecule has 7 heteroatoms. The molecule has 0 unspecified atom stereocenters. The fraction of sp³-hybridized carbons (Fsp3) is 0.0526. The van der Waals surface area contributed by atoms with Crippen LogP contribution in [0.2, 0.25) is 0 Å². The number of nitrogens with zero attached hydrogens (tertiary/aromatic N) is 2. The molecule has 0 atom stereocenters. The zero-order valence-corrected chi connectivity index (χ0v) is 13.7. The van der Waals surface area contributed by atoms with Gasteiger partial charge in [-0.25, -0.2) is 14.2 Å². The second-order valence-corrected chi connectivity index (χ2v) is 5.69. The number of aromatic nitrogens is 3. The van der Waals surface area contributed by atoms with Crippen LogP contribution < -0.4 is 11.1 Å². The number of H-pyrrole nitrogens is 1. The molecule has 2 aromatic carbocycles. The molecule has 1 N–H and O–H groups in total.